The summed E-state index contributed by atoms with van der Waals surface area (Å²) < 4.78 is 55.3. The van der Waals surface area contributed by atoms with Crippen molar-refractivity contribution in [3.05, 3.63) is 53.6 Å². The number of aromatic nitrogens is 3. The predicted octanol–water partition coefficient (Wildman–Crippen LogP) is 4.15. The summed E-state index contributed by atoms with van der Waals surface area (Å²) in [6, 6.07) is 10.5. The summed E-state index contributed by atoms with van der Waals surface area (Å²) in [5.74, 6) is -1.04. The number of halogens is 2. The second-order valence-corrected chi connectivity index (χ2v) is 10.7. The van der Waals surface area contributed by atoms with Gasteiger partial charge < -0.3 is 5.32 Å². The fourth-order valence-corrected chi connectivity index (χ4v) is 5.63. The molecule has 0 amide bonds. The molecule has 1 fully saturated rings. The van der Waals surface area contributed by atoms with Crippen molar-refractivity contribution < 1.29 is 17.2 Å². The molecule has 180 valence electrons. The molecule has 0 spiro atoms. The third-order valence-electron chi connectivity index (χ3n) is 6.39. The second-order valence-electron chi connectivity index (χ2n) is 8.44. The summed E-state index contributed by atoms with van der Waals surface area (Å²) in [6.45, 7) is 2.42. The van der Waals surface area contributed by atoms with E-state index in [1.54, 1.807) is 25.1 Å². The van der Waals surface area contributed by atoms with E-state index in [1.165, 1.54) is 10.4 Å². The van der Waals surface area contributed by atoms with Crippen molar-refractivity contribution in [2.45, 2.75) is 25.8 Å². The minimum Gasteiger partial charge on any atom is -0.364 e. The van der Waals surface area contributed by atoms with Gasteiger partial charge in [0, 0.05) is 29.9 Å². The SMILES string of the molecule is CCS(=O)(=O)N1CCC(Nc2n[nH]c3c2nc(-c2c(F)cccc2F)c2cc(C#N)ccc23)CC1. The number of sulfonamides is 1. The van der Waals surface area contributed by atoms with E-state index in [0.717, 1.165) is 12.1 Å². The first kappa shape index (κ1) is 23.1. The average Bonchev–Trinajstić information content (AvgIpc) is 3.26. The number of nitriles is 1. The van der Waals surface area contributed by atoms with E-state index in [-0.39, 0.29) is 23.1 Å². The number of hydrogen-bond donors (Lipinski definition) is 2. The third kappa shape index (κ3) is 4.09. The first-order valence-corrected chi connectivity index (χ1v) is 12.8. The minimum absolute atomic E-state index is 0.0445. The number of H-pyrrole nitrogens is 1. The van der Waals surface area contributed by atoms with Crippen LogP contribution in [-0.2, 0) is 10.0 Å². The molecule has 0 bridgehead atoms. The monoisotopic (exact) mass is 496 g/mol. The summed E-state index contributed by atoms with van der Waals surface area (Å²) in [5, 5.41) is 21.1. The molecule has 2 aromatic heterocycles. The number of pyridine rings is 1. The molecule has 2 N–H and O–H groups in total. The average molecular weight is 497 g/mol. The van der Waals surface area contributed by atoms with Gasteiger partial charge in [0.25, 0.3) is 0 Å². The maximum Gasteiger partial charge on any atom is 0.213 e. The summed E-state index contributed by atoms with van der Waals surface area (Å²) in [5.41, 5.74) is 1.11. The maximum absolute atomic E-state index is 14.8. The van der Waals surface area contributed by atoms with E-state index in [0.29, 0.717) is 59.1 Å². The number of nitrogens with one attached hydrogen (secondary N) is 2. The molecule has 0 atom stereocenters. The highest BCUT2D eigenvalue weighted by atomic mass is 32.2. The van der Waals surface area contributed by atoms with Gasteiger partial charge in [-0.3, -0.25) is 5.10 Å². The van der Waals surface area contributed by atoms with Crippen LogP contribution < -0.4 is 5.32 Å². The van der Waals surface area contributed by atoms with E-state index in [2.05, 4.69) is 26.6 Å². The van der Waals surface area contributed by atoms with Crippen molar-refractivity contribution in [1.82, 2.24) is 19.5 Å². The lowest BCUT2D eigenvalue weighted by Gasteiger charge is -2.31. The highest BCUT2D eigenvalue weighted by molar-refractivity contribution is 7.89. The van der Waals surface area contributed by atoms with Gasteiger partial charge in [-0.2, -0.15) is 10.4 Å². The second kappa shape index (κ2) is 8.87. The van der Waals surface area contributed by atoms with Gasteiger partial charge in [0.15, 0.2) is 5.82 Å². The fourth-order valence-electron chi connectivity index (χ4n) is 4.50. The minimum atomic E-state index is -3.24. The van der Waals surface area contributed by atoms with Crippen LogP contribution in [0.3, 0.4) is 0 Å². The number of anilines is 1. The van der Waals surface area contributed by atoms with Crippen molar-refractivity contribution in [3.63, 3.8) is 0 Å². The van der Waals surface area contributed by atoms with Gasteiger partial charge in [-0.1, -0.05) is 12.1 Å². The zero-order chi connectivity index (χ0) is 24.7. The molecule has 1 saturated heterocycles. The van der Waals surface area contributed by atoms with Crippen LogP contribution in [0.2, 0.25) is 0 Å². The smallest absolute Gasteiger partial charge is 0.213 e. The van der Waals surface area contributed by atoms with Crippen LogP contribution in [0.4, 0.5) is 14.6 Å². The summed E-state index contributed by atoms with van der Waals surface area (Å²) in [6.07, 6.45) is 1.17. The van der Waals surface area contributed by atoms with Crippen molar-refractivity contribution in [3.8, 4) is 17.3 Å². The van der Waals surface area contributed by atoms with Crippen LogP contribution in [0.15, 0.2) is 36.4 Å². The molecule has 11 heteroatoms. The van der Waals surface area contributed by atoms with Crippen molar-refractivity contribution in [2.24, 2.45) is 0 Å². The molecular formula is C24H22F2N6O2S. The van der Waals surface area contributed by atoms with Gasteiger partial charge in [0.05, 0.1) is 34.2 Å². The Kier molecular flexibility index (Phi) is 5.86. The Morgan fingerprint density at radius 2 is 1.89 bits per heavy atom. The van der Waals surface area contributed by atoms with Crippen LogP contribution >= 0.6 is 0 Å². The lowest BCUT2D eigenvalue weighted by molar-refractivity contribution is 0.330. The molecule has 0 radical (unpaired) electrons. The molecule has 8 nitrogen and oxygen atoms in total. The molecule has 2 aromatic carbocycles. The Hall–Kier alpha value is -3.62. The van der Waals surface area contributed by atoms with Crippen LogP contribution in [-0.4, -0.2) is 52.8 Å². The first-order valence-electron chi connectivity index (χ1n) is 11.2. The number of piperidine rings is 1. The topological polar surface area (TPSA) is 115 Å². The quantitative estimate of drug-likeness (QED) is 0.429. The standard InChI is InChI=1S/C24H22F2N6O2S/c1-2-35(33,34)32-10-8-15(9-11-32)28-24-23-22(30-31-24)16-7-6-14(13-27)12-17(16)21(29-23)20-18(25)4-3-5-19(20)26/h3-7,12,15H,2,8-11H2,1H3,(H2,28,30,31). The Balaban J connectivity index is 1.59. The molecule has 1 aliphatic rings. The number of benzene rings is 2. The molecule has 4 aromatic rings. The summed E-state index contributed by atoms with van der Waals surface area (Å²) in [4.78, 5) is 4.61. The Morgan fingerprint density at radius 3 is 2.54 bits per heavy atom. The van der Waals surface area contributed by atoms with E-state index in [1.807, 2.05) is 0 Å². The van der Waals surface area contributed by atoms with Crippen molar-refractivity contribution in [1.29, 1.82) is 5.26 Å². The molecule has 5 rings (SSSR count). The highest BCUT2D eigenvalue weighted by Crippen LogP contribution is 2.37. The molecule has 35 heavy (non-hydrogen) atoms. The van der Waals surface area contributed by atoms with Crippen LogP contribution in [0, 0.1) is 23.0 Å². The van der Waals surface area contributed by atoms with Crippen LogP contribution in [0.1, 0.15) is 25.3 Å². The number of hydrogen-bond acceptors (Lipinski definition) is 6. The number of nitrogens with zero attached hydrogens (tertiary/aromatic N) is 4. The molecule has 0 unspecified atom stereocenters. The predicted molar refractivity (Wildman–Crippen MR) is 129 cm³/mol. The van der Waals surface area contributed by atoms with Gasteiger partial charge in [-0.15, -0.1) is 0 Å². The van der Waals surface area contributed by atoms with Crippen molar-refractivity contribution >= 4 is 37.6 Å². The zero-order valence-electron chi connectivity index (χ0n) is 18.8. The lowest BCUT2D eigenvalue weighted by atomic mass is 10.00. The molecule has 3 heterocycles. The van der Waals surface area contributed by atoms with E-state index in [9.17, 15) is 22.5 Å². The van der Waals surface area contributed by atoms with Gasteiger partial charge in [-0.05, 0) is 44.0 Å². The number of fused-ring (bicyclic) bond motifs is 3. The van der Waals surface area contributed by atoms with Crippen LogP contribution in [0.5, 0.6) is 0 Å². The van der Waals surface area contributed by atoms with E-state index >= 15 is 0 Å². The molecule has 1 aliphatic heterocycles. The highest BCUT2D eigenvalue weighted by Gasteiger charge is 2.28. The van der Waals surface area contributed by atoms with E-state index < -0.39 is 21.7 Å². The van der Waals surface area contributed by atoms with Crippen LogP contribution in [0.25, 0.3) is 33.1 Å². The molecule has 0 saturated carbocycles. The number of aromatic amines is 1. The first-order chi connectivity index (χ1) is 16.8. The Morgan fingerprint density at radius 1 is 1.17 bits per heavy atom. The fraction of sp³-hybridized carbons (Fsp3) is 0.292. The normalized spacial score (nSPS) is 15.5. The Bertz CT molecular complexity index is 1570. The van der Waals surface area contributed by atoms with Gasteiger partial charge in [-0.25, -0.2) is 26.5 Å². The number of rotatable bonds is 5. The molecule has 0 aliphatic carbocycles. The zero-order valence-corrected chi connectivity index (χ0v) is 19.7. The third-order valence-corrected chi connectivity index (χ3v) is 8.27. The van der Waals surface area contributed by atoms with Crippen molar-refractivity contribution in [2.75, 3.05) is 24.2 Å². The lowest BCUT2D eigenvalue weighted by Crippen LogP contribution is -2.43. The summed E-state index contributed by atoms with van der Waals surface area (Å²) >= 11 is 0. The van der Waals surface area contributed by atoms with Gasteiger partial charge in [0.2, 0.25) is 10.0 Å². The van der Waals surface area contributed by atoms with Gasteiger partial charge in [0.1, 0.15) is 17.2 Å². The summed E-state index contributed by atoms with van der Waals surface area (Å²) in [7, 11) is -3.24. The van der Waals surface area contributed by atoms with Gasteiger partial charge >= 0.3 is 0 Å². The Labute approximate surface area is 200 Å². The maximum atomic E-state index is 14.8. The largest absolute Gasteiger partial charge is 0.364 e. The van der Waals surface area contributed by atoms with E-state index in [4.69, 9.17) is 0 Å². The molecular weight excluding hydrogens is 474 g/mol.